The lowest BCUT2D eigenvalue weighted by Gasteiger charge is -2.33. The fourth-order valence-electron chi connectivity index (χ4n) is 2.66. The zero-order chi connectivity index (χ0) is 13.9. The van der Waals surface area contributed by atoms with Gasteiger partial charge in [-0.25, -0.2) is 4.39 Å². The molecule has 0 saturated heterocycles. The molecular formula is C15H22ClFN2O. The summed E-state index contributed by atoms with van der Waals surface area (Å²) in [5.41, 5.74) is 7.06. The third kappa shape index (κ3) is 4.46. The molecule has 20 heavy (non-hydrogen) atoms. The van der Waals surface area contributed by atoms with Crippen molar-refractivity contribution in [3.8, 4) is 0 Å². The number of hydrogen-bond acceptors (Lipinski definition) is 2. The van der Waals surface area contributed by atoms with Crippen LogP contribution in [-0.4, -0.2) is 18.0 Å². The van der Waals surface area contributed by atoms with Crippen molar-refractivity contribution >= 4 is 18.3 Å². The average molecular weight is 301 g/mol. The van der Waals surface area contributed by atoms with E-state index in [2.05, 4.69) is 5.32 Å². The van der Waals surface area contributed by atoms with E-state index in [1.165, 1.54) is 18.6 Å². The highest BCUT2D eigenvalue weighted by molar-refractivity contribution is 5.94. The van der Waals surface area contributed by atoms with Crippen LogP contribution in [0.3, 0.4) is 0 Å². The molecule has 1 amide bonds. The number of benzene rings is 1. The standard InChI is InChI=1S/C15H21FN2O.ClH/c1-11-7-12(9-13(16)8-11)14(19)18-10-15(17)5-3-2-4-6-15;/h7-9H,2-6,10,17H2,1H3,(H,18,19);1H. The second kappa shape index (κ2) is 7.04. The molecular weight excluding hydrogens is 279 g/mol. The summed E-state index contributed by atoms with van der Waals surface area (Å²) in [6.45, 7) is 2.23. The minimum atomic E-state index is -0.384. The fraction of sp³-hybridized carbons (Fsp3) is 0.533. The first-order valence-electron chi connectivity index (χ1n) is 6.83. The van der Waals surface area contributed by atoms with Gasteiger partial charge in [0.05, 0.1) is 0 Å². The predicted octanol–water partition coefficient (Wildman–Crippen LogP) is 2.95. The summed E-state index contributed by atoms with van der Waals surface area (Å²) in [4.78, 5) is 12.0. The Labute approximate surface area is 125 Å². The van der Waals surface area contributed by atoms with Gasteiger partial charge in [0.1, 0.15) is 5.82 Å². The Kier molecular flexibility index (Phi) is 5.96. The van der Waals surface area contributed by atoms with Crippen molar-refractivity contribution in [1.82, 2.24) is 5.32 Å². The van der Waals surface area contributed by atoms with E-state index in [-0.39, 0.29) is 29.7 Å². The molecule has 112 valence electrons. The number of aryl methyl sites for hydroxylation is 1. The van der Waals surface area contributed by atoms with E-state index in [4.69, 9.17) is 5.73 Å². The van der Waals surface area contributed by atoms with Gasteiger partial charge in [-0.2, -0.15) is 0 Å². The number of rotatable bonds is 3. The summed E-state index contributed by atoms with van der Waals surface area (Å²) < 4.78 is 13.3. The first kappa shape index (κ1) is 16.9. The summed E-state index contributed by atoms with van der Waals surface area (Å²) in [5, 5.41) is 2.83. The molecule has 0 aliphatic heterocycles. The van der Waals surface area contributed by atoms with Gasteiger partial charge in [-0.15, -0.1) is 12.4 Å². The van der Waals surface area contributed by atoms with Crippen LogP contribution >= 0.6 is 12.4 Å². The lowest BCUT2D eigenvalue weighted by atomic mass is 9.82. The van der Waals surface area contributed by atoms with Crippen molar-refractivity contribution in [3.63, 3.8) is 0 Å². The minimum Gasteiger partial charge on any atom is -0.350 e. The molecule has 0 bridgehead atoms. The number of amides is 1. The quantitative estimate of drug-likeness (QED) is 0.902. The van der Waals surface area contributed by atoms with Gasteiger partial charge in [-0.05, 0) is 43.5 Å². The van der Waals surface area contributed by atoms with Gasteiger partial charge in [-0.1, -0.05) is 19.3 Å². The van der Waals surface area contributed by atoms with E-state index in [1.54, 1.807) is 13.0 Å². The normalized spacial score (nSPS) is 17.1. The molecule has 0 atom stereocenters. The monoisotopic (exact) mass is 300 g/mol. The Balaban J connectivity index is 0.00000200. The molecule has 0 aromatic heterocycles. The molecule has 5 heteroatoms. The molecule has 1 aliphatic rings. The molecule has 0 unspecified atom stereocenters. The van der Waals surface area contributed by atoms with Gasteiger partial charge in [-0.3, -0.25) is 4.79 Å². The van der Waals surface area contributed by atoms with Crippen LogP contribution in [0.2, 0.25) is 0 Å². The maximum Gasteiger partial charge on any atom is 0.251 e. The third-order valence-corrected chi connectivity index (χ3v) is 3.75. The third-order valence-electron chi connectivity index (χ3n) is 3.75. The summed E-state index contributed by atoms with van der Waals surface area (Å²) >= 11 is 0. The van der Waals surface area contributed by atoms with Crippen LogP contribution in [0.25, 0.3) is 0 Å². The van der Waals surface area contributed by atoms with E-state index < -0.39 is 0 Å². The Bertz CT molecular complexity index is 453. The molecule has 1 fully saturated rings. The van der Waals surface area contributed by atoms with E-state index in [1.807, 2.05) is 0 Å². The summed E-state index contributed by atoms with van der Waals surface area (Å²) in [6.07, 6.45) is 5.33. The van der Waals surface area contributed by atoms with Gasteiger partial charge >= 0.3 is 0 Å². The van der Waals surface area contributed by atoms with Crippen molar-refractivity contribution < 1.29 is 9.18 Å². The minimum absolute atomic E-state index is 0. The largest absolute Gasteiger partial charge is 0.350 e. The van der Waals surface area contributed by atoms with E-state index in [0.717, 1.165) is 31.2 Å². The van der Waals surface area contributed by atoms with Crippen LogP contribution in [-0.2, 0) is 0 Å². The first-order chi connectivity index (χ1) is 8.98. The first-order valence-corrected chi connectivity index (χ1v) is 6.83. The molecule has 0 spiro atoms. The van der Waals surface area contributed by atoms with E-state index in [9.17, 15) is 9.18 Å². The Morgan fingerprint density at radius 2 is 1.95 bits per heavy atom. The average Bonchev–Trinajstić information content (AvgIpc) is 2.36. The number of carbonyl (C=O) groups excluding carboxylic acids is 1. The number of nitrogens with one attached hydrogen (secondary N) is 1. The Morgan fingerprint density at radius 3 is 2.55 bits per heavy atom. The van der Waals surface area contributed by atoms with Crippen molar-refractivity contribution in [2.75, 3.05) is 6.54 Å². The number of halogens is 2. The SMILES string of the molecule is Cc1cc(F)cc(C(=O)NCC2(N)CCCCC2)c1.Cl. The van der Waals surface area contributed by atoms with Gasteiger partial charge < -0.3 is 11.1 Å². The zero-order valence-electron chi connectivity index (χ0n) is 11.7. The van der Waals surface area contributed by atoms with Crippen molar-refractivity contribution in [1.29, 1.82) is 0 Å². The van der Waals surface area contributed by atoms with Gasteiger partial charge in [0.2, 0.25) is 0 Å². The second-order valence-corrected chi connectivity index (χ2v) is 5.62. The Hall–Kier alpha value is -1.13. The van der Waals surface area contributed by atoms with Gasteiger partial charge in [0.25, 0.3) is 5.91 Å². The molecule has 1 aromatic carbocycles. The lowest BCUT2D eigenvalue weighted by molar-refractivity contribution is 0.0937. The van der Waals surface area contributed by atoms with Crippen LogP contribution in [0, 0.1) is 12.7 Å². The van der Waals surface area contributed by atoms with Gasteiger partial charge in [0.15, 0.2) is 0 Å². The van der Waals surface area contributed by atoms with Gasteiger partial charge in [0, 0.05) is 17.6 Å². The molecule has 1 aliphatic carbocycles. The molecule has 1 aromatic rings. The number of carbonyl (C=O) groups is 1. The molecule has 2 rings (SSSR count). The Morgan fingerprint density at radius 1 is 1.30 bits per heavy atom. The second-order valence-electron chi connectivity index (χ2n) is 5.62. The van der Waals surface area contributed by atoms with Crippen molar-refractivity contribution in [2.24, 2.45) is 5.73 Å². The summed E-state index contributed by atoms with van der Waals surface area (Å²) in [5.74, 6) is -0.636. The number of hydrogen-bond donors (Lipinski definition) is 2. The molecule has 0 radical (unpaired) electrons. The summed E-state index contributed by atoms with van der Waals surface area (Å²) in [7, 11) is 0. The van der Waals surface area contributed by atoms with Crippen LogP contribution in [0.1, 0.15) is 48.0 Å². The van der Waals surface area contributed by atoms with Crippen molar-refractivity contribution in [2.45, 2.75) is 44.6 Å². The highest BCUT2D eigenvalue weighted by Crippen LogP contribution is 2.25. The maximum atomic E-state index is 13.3. The highest BCUT2D eigenvalue weighted by atomic mass is 35.5. The predicted molar refractivity (Wildman–Crippen MR) is 80.7 cm³/mol. The van der Waals surface area contributed by atoms with E-state index in [0.29, 0.717) is 12.1 Å². The van der Waals surface area contributed by atoms with E-state index >= 15 is 0 Å². The van der Waals surface area contributed by atoms with Crippen LogP contribution in [0.4, 0.5) is 4.39 Å². The zero-order valence-corrected chi connectivity index (χ0v) is 12.6. The molecule has 1 saturated carbocycles. The molecule has 0 heterocycles. The fourth-order valence-corrected chi connectivity index (χ4v) is 2.66. The highest BCUT2D eigenvalue weighted by Gasteiger charge is 2.27. The van der Waals surface area contributed by atoms with Crippen molar-refractivity contribution in [3.05, 3.63) is 35.1 Å². The summed E-state index contributed by atoms with van der Waals surface area (Å²) in [6, 6.07) is 4.34. The lowest BCUT2D eigenvalue weighted by Crippen LogP contribution is -2.51. The molecule has 3 N–H and O–H groups in total. The van der Waals surface area contributed by atoms with Crippen LogP contribution < -0.4 is 11.1 Å². The van der Waals surface area contributed by atoms with Crippen LogP contribution in [0.5, 0.6) is 0 Å². The maximum absolute atomic E-state index is 13.3. The smallest absolute Gasteiger partial charge is 0.251 e. The van der Waals surface area contributed by atoms with Crippen LogP contribution in [0.15, 0.2) is 18.2 Å². The molecule has 3 nitrogen and oxygen atoms in total. The number of nitrogens with two attached hydrogens (primary N) is 1. The topological polar surface area (TPSA) is 55.1 Å².